The third kappa shape index (κ3) is 4.74. The lowest BCUT2D eigenvalue weighted by Crippen LogP contribution is -2.29. The van der Waals surface area contributed by atoms with Gasteiger partial charge in [-0.15, -0.1) is 5.73 Å². The minimum atomic E-state index is 0.715. The van der Waals surface area contributed by atoms with Crippen LogP contribution in [0.1, 0.15) is 25.3 Å². The summed E-state index contributed by atoms with van der Waals surface area (Å²) < 4.78 is 5.15. The molecule has 1 heterocycles. The first-order chi connectivity index (χ1) is 8.81. The third-order valence-corrected chi connectivity index (χ3v) is 2.71. The van der Waals surface area contributed by atoms with Crippen LogP contribution in [0.5, 0.6) is 0 Å². The fourth-order valence-corrected chi connectivity index (χ4v) is 1.71. The summed E-state index contributed by atoms with van der Waals surface area (Å²) in [5, 5.41) is 0. The van der Waals surface area contributed by atoms with E-state index < -0.39 is 0 Å². The molecule has 18 heavy (non-hydrogen) atoms. The lowest BCUT2D eigenvalue weighted by Gasteiger charge is -2.23. The zero-order chi connectivity index (χ0) is 13.2. The molecule has 0 aromatic carbocycles. The summed E-state index contributed by atoms with van der Waals surface area (Å²) in [4.78, 5) is 6.69. The number of rotatable bonds is 8. The average Bonchev–Trinajstić information content (AvgIpc) is 2.40. The van der Waals surface area contributed by atoms with Gasteiger partial charge in [0.25, 0.3) is 0 Å². The normalized spacial score (nSPS) is 9.89. The molecule has 0 aliphatic rings. The first kappa shape index (κ1) is 14.5. The van der Waals surface area contributed by atoms with E-state index in [2.05, 4.69) is 35.2 Å². The smallest absolute Gasteiger partial charge is 0.129 e. The maximum absolute atomic E-state index is 5.15. The Labute approximate surface area is 110 Å². The second-order valence-corrected chi connectivity index (χ2v) is 4.13. The van der Waals surface area contributed by atoms with Gasteiger partial charge in [0.15, 0.2) is 0 Å². The van der Waals surface area contributed by atoms with E-state index in [1.165, 1.54) is 6.42 Å². The lowest BCUT2D eigenvalue weighted by molar-refractivity contribution is 0.205. The predicted molar refractivity (Wildman–Crippen MR) is 76.8 cm³/mol. The predicted octanol–water partition coefficient (Wildman–Crippen LogP) is 3.13. The zero-order valence-electron chi connectivity index (χ0n) is 11.4. The molecule has 0 fully saturated rings. The Morgan fingerprint density at radius 1 is 1.50 bits per heavy atom. The number of methoxy groups -OCH3 is 1. The molecule has 1 aromatic heterocycles. The topological polar surface area (TPSA) is 25.4 Å². The van der Waals surface area contributed by atoms with E-state index in [4.69, 9.17) is 4.74 Å². The summed E-state index contributed by atoms with van der Waals surface area (Å²) in [6.07, 6.45) is 6.02. The fraction of sp³-hybridized carbons (Fsp3) is 0.467. The number of anilines is 1. The Morgan fingerprint density at radius 3 is 3.00 bits per heavy atom. The number of unbranched alkanes of at least 4 members (excludes halogenated alkanes) is 1. The van der Waals surface area contributed by atoms with Crippen molar-refractivity contribution in [3.63, 3.8) is 0 Å². The molecule has 3 nitrogen and oxygen atoms in total. The third-order valence-electron chi connectivity index (χ3n) is 2.71. The lowest BCUT2D eigenvalue weighted by atomic mass is 10.2. The van der Waals surface area contributed by atoms with E-state index >= 15 is 0 Å². The molecule has 0 unspecified atom stereocenters. The van der Waals surface area contributed by atoms with Crippen LogP contribution >= 0.6 is 0 Å². The second-order valence-electron chi connectivity index (χ2n) is 4.13. The molecule has 0 atom stereocenters. The quantitative estimate of drug-likeness (QED) is 0.659. The number of aromatic nitrogens is 1. The highest BCUT2D eigenvalue weighted by molar-refractivity contribution is 5.54. The number of nitrogens with zero attached hydrogens (tertiary/aromatic N) is 2. The molecule has 0 aliphatic carbocycles. The maximum Gasteiger partial charge on any atom is 0.129 e. The molecule has 0 radical (unpaired) electrons. The summed E-state index contributed by atoms with van der Waals surface area (Å²) in [6, 6.07) is 4.01. The van der Waals surface area contributed by atoms with Crippen LogP contribution < -0.4 is 4.90 Å². The summed E-state index contributed by atoms with van der Waals surface area (Å²) in [5.41, 5.74) is 3.87. The summed E-state index contributed by atoms with van der Waals surface area (Å²) in [7, 11) is 1.72. The zero-order valence-corrected chi connectivity index (χ0v) is 11.4. The molecule has 0 spiro atoms. The van der Waals surface area contributed by atoms with E-state index in [1.807, 2.05) is 18.3 Å². The van der Waals surface area contributed by atoms with Gasteiger partial charge in [0.1, 0.15) is 5.82 Å². The van der Waals surface area contributed by atoms with Gasteiger partial charge in [0, 0.05) is 26.4 Å². The van der Waals surface area contributed by atoms with Crippen molar-refractivity contribution in [1.29, 1.82) is 0 Å². The van der Waals surface area contributed by atoms with Crippen molar-refractivity contribution in [2.75, 3.05) is 31.7 Å². The van der Waals surface area contributed by atoms with Crippen LogP contribution in [-0.4, -0.2) is 31.8 Å². The van der Waals surface area contributed by atoms with Crippen molar-refractivity contribution in [2.45, 2.75) is 19.8 Å². The first-order valence-electron chi connectivity index (χ1n) is 6.37. The number of hydrogen-bond donors (Lipinski definition) is 0. The highest BCUT2D eigenvalue weighted by atomic mass is 16.5. The molecule has 0 saturated heterocycles. The molecule has 98 valence electrons. The number of pyridine rings is 1. The monoisotopic (exact) mass is 246 g/mol. The van der Waals surface area contributed by atoms with Gasteiger partial charge in [-0.3, -0.25) is 0 Å². The second kappa shape index (κ2) is 8.51. The van der Waals surface area contributed by atoms with Gasteiger partial charge in [-0.2, -0.15) is 0 Å². The molecular formula is C15H22N2O. The van der Waals surface area contributed by atoms with Crippen LogP contribution in [0.25, 0.3) is 6.08 Å². The summed E-state index contributed by atoms with van der Waals surface area (Å²) in [5.74, 6) is 0.990. The van der Waals surface area contributed by atoms with Crippen molar-refractivity contribution in [1.82, 2.24) is 4.98 Å². The van der Waals surface area contributed by atoms with Crippen LogP contribution in [0.4, 0.5) is 5.82 Å². The molecule has 0 bridgehead atoms. The largest absolute Gasteiger partial charge is 0.383 e. The summed E-state index contributed by atoms with van der Waals surface area (Å²) in [6.45, 7) is 8.38. The van der Waals surface area contributed by atoms with E-state index in [0.717, 1.165) is 30.9 Å². The Kier molecular flexibility index (Phi) is 6.85. The molecule has 0 aliphatic heterocycles. The van der Waals surface area contributed by atoms with E-state index in [1.54, 1.807) is 7.11 Å². The van der Waals surface area contributed by atoms with Crippen LogP contribution in [0.3, 0.4) is 0 Å². The average molecular weight is 246 g/mol. The Balaban J connectivity index is 2.81. The Bertz CT molecular complexity index is 389. The summed E-state index contributed by atoms with van der Waals surface area (Å²) >= 11 is 0. The van der Waals surface area contributed by atoms with Gasteiger partial charge in [-0.05, 0) is 30.2 Å². The van der Waals surface area contributed by atoms with Gasteiger partial charge in [-0.25, -0.2) is 4.98 Å². The van der Waals surface area contributed by atoms with Crippen LogP contribution in [0, 0.1) is 0 Å². The van der Waals surface area contributed by atoms with Crippen LogP contribution in [-0.2, 0) is 4.74 Å². The first-order valence-corrected chi connectivity index (χ1v) is 6.37. The van der Waals surface area contributed by atoms with Crippen LogP contribution in [0.2, 0.25) is 0 Å². The molecule has 1 rings (SSSR count). The highest BCUT2D eigenvalue weighted by Gasteiger charge is 2.07. The minimum absolute atomic E-state index is 0.715. The van der Waals surface area contributed by atoms with Crippen molar-refractivity contribution in [3.05, 3.63) is 36.2 Å². The molecule has 0 N–H and O–H groups in total. The van der Waals surface area contributed by atoms with Crippen LogP contribution in [0.15, 0.2) is 30.6 Å². The maximum atomic E-state index is 5.15. The van der Waals surface area contributed by atoms with E-state index in [0.29, 0.717) is 6.61 Å². The highest BCUT2D eigenvalue weighted by Crippen LogP contribution is 2.14. The van der Waals surface area contributed by atoms with Gasteiger partial charge < -0.3 is 9.64 Å². The van der Waals surface area contributed by atoms with Gasteiger partial charge in [0.2, 0.25) is 0 Å². The van der Waals surface area contributed by atoms with Crippen molar-refractivity contribution in [2.24, 2.45) is 0 Å². The SMILES string of the molecule is C=C=Cc1ccnc(N(CCCC)CCOC)c1. The van der Waals surface area contributed by atoms with E-state index in [-0.39, 0.29) is 0 Å². The van der Waals surface area contributed by atoms with Gasteiger partial charge in [0.05, 0.1) is 6.61 Å². The fourth-order valence-electron chi connectivity index (χ4n) is 1.71. The molecule has 0 saturated carbocycles. The van der Waals surface area contributed by atoms with Crippen molar-refractivity contribution >= 4 is 11.9 Å². The number of ether oxygens (including phenoxy) is 1. The molecular weight excluding hydrogens is 224 g/mol. The van der Waals surface area contributed by atoms with Gasteiger partial charge >= 0.3 is 0 Å². The van der Waals surface area contributed by atoms with E-state index in [9.17, 15) is 0 Å². The van der Waals surface area contributed by atoms with Crippen molar-refractivity contribution in [3.8, 4) is 0 Å². The molecule has 0 amide bonds. The standard InChI is InChI=1S/C15H22N2O/c1-4-6-10-17(11-12-18-3)15-13-14(7-5-2)8-9-16-15/h7-9,13H,2,4,6,10-12H2,1,3H3. The molecule has 3 heteroatoms. The molecule has 1 aromatic rings. The van der Waals surface area contributed by atoms with Crippen molar-refractivity contribution < 1.29 is 4.74 Å². The number of hydrogen-bond acceptors (Lipinski definition) is 3. The minimum Gasteiger partial charge on any atom is -0.383 e. The Hall–Kier alpha value is -1.57. The van der Waals surface area contributed by atoms with Gasteiger partial charge in [-0.1, -0.05) is 19.9 Å². The Morgan fingerprint density at radius 2 is 2.33 bits per heavy atom.